The van der Waals surface area contributed by atoms with Crippen LogP contribution in [0.4, 0.5) is 0 Å². The SMILES string of the molecule is C=CCOc1ccc(Cl)cc1/C=N/NC(=O)c1ccc(OCc2ccccc2)c(OCC)c1. The van der Waals surface area contributed by atoms with Gasteiger partial charge in [-0.1, -0.05) is 54.6 Å². The van der Waals surface area contributed by atoms with Crippen LogP contribution in [0, 0.1) is 0 Å². The Kier molecular flexibility index (Phi) is 8.91. The van der Waals surface area contributed by atoms with Gasteiger partial charge in [-0.15, -0.1) is 0 Å². The average Bonchev–Trinajstić information content (AvgIpc) is 2.83. The van der Waals surface area contributed by atoms with Crippen LogP contribution in [0.25, 0.3) is 0 Å². The lowest BCUT2D eigenvalue weighted by Gasteiger charge is -2.13. The van der Waals surface area contributed by atoms with Crippen molar-refractivity contribution in [3.8, 4) is 17.2 Å². The van der Waals surface area contributed by atoms with Crippen molar-refractivity contribution in [2.24, 2.45) is 5.10 Å². The first-order valence-electron chi connectivity index (χ1n) is 10.4. The first kappa shape index (κ1) is 23.9. The van der Waals surface area contributed by atoms with Gasteiger partial charge in [-0.2, -0.15) is 5.10 Å². The average molecular weight is 465 g/mol. The van der Waals surface area contributed by atoms with Crippen molar-refractivity contribution in [2.45, 2.75) is 13.5 Å². The summed E-state index contributed by atoms with van der Waals surface area (Å²) in [7, 11) is 0. The number of hydrogen-bond acceptors (Lipinski definition) is 5. The van der Waals surface area contributed by atoms with Gasteiger partial charge in [0.15, 0.2) is 11.5 Å². The Hall–Kier alpha value is -3.77. The Bertz CT molecular complexity index is 1120. The molecule has 0 aliphatic carbocycles. The highest BCUT2D eigenvalue weighted by Gasteiger charge is 2.12. The number of benzene rings is 3. The molecule has 0 heterocycles. The van der Waals surface area contributed by atoms with E-state index in [1.807, 2.05) is 37.3 Å². The van der Waals surface area contributed by atoms with E-state index in [0.29, 0.717) is 53.2 Å². The topological polar surface area (TPSA) is 69.2 Å². The number of halogens is 1. The largest absolute Gasteiger partial charge is 0.490 e. The summed E-state index contributed by atoms with van der Waals surface area (Å²) in [6, 6.07) is 20.0. The van der Waals surface area contributed by atoms with Gasteiger partial charge in [-0.3, -0.25) is 4.79 Å². The van der Waals surface area contributed by atoms with E-state index in [1.165, 1.54) is 6.21 Å². The molecule has 0 aliphatic rings. The zero-order valence-electron chi connectivity index (χ0n) is 18.3. The number of nitrogens with one attached hydrogen (secondary N) is 1. The molecule has 3 aromatic rings. The van der Waals surface area contributed by atoms with Crippen LogP contribution < -0.4 is 19.6 Å². The molecule has 0 saturated heterocycles. The minimum atomic E-state index is -0.391. The number of rotatable bonds is 11. The summed E-state index contributed by atoms with van der Waals surface area (Å²) in [6.45, 7) is 6.68. The van der Waals surface area contributed by atoms with Gasteiger partial charge in [0.1, 0.15) is 19.0 Å². The quantitative estimate of drug-likeness (QED) is 0.226. The van der Waals surface area contributed by atoms with Gasteiger partial charge in [0.05, 0.1) is 12.8 Å². The minimum absolute atomic E-state index is 0.341. The molecule has 0 unspecified atom stereocenters. The molecule has 0 atom stereocenters. The van der Waals surface area contributed by atoms with Crippen LogP contribution in [-0.2, 0) is 6.61 Å². The highest BCUT2D eigenvalue weighted by atomic mass is 35.5. The van der Waals surface area contributed by atoms with E-state index in [4.69, 9.17) is 25.8 Å². The lowest BCUT2D eigenvalue weighted by atomic mass is 10.2. The van der Waals surface area contributed by atoms with E-state index >= 15 is 0 Å². The molecule has 3 aromatic carbocycles. The molecular weight excluding hydrogens is 440 g/mol. The van der Waals surface area contributed by atoms with Gasteiger partial charge in [0.25, 0.3) is 5.91 Å². The molecule has 170 valence electrons. The maximum absolute atomic E-state index is 12.6. The van der Waals surface area contributed by atoms with Crippen LogP contribution >= 0.6 is 11.6 Å². The van der Waals surface area contributed by atoms with Gasteiger partial charge in [0, 0.05) is 16.1 Å². The molecule has 0 aliphatic heterocycles. The predicted molar refractivity (Wildman–Crippen MR) is 131 cm³/mol. The number of hydrazone groups is 1. The van der Waals surface area contributed by atoms with Crippen LogP contribution in [0.5, 0.6) is 17.2 Å². The molecule has 0 bridgehead atoms. The van der Waals surface area contributed by atoms with E-state index in [9.17, 15) is 4.79 Å². The van der Waals surface area contributed by atoms with Crippen LogP contribution in [0.3, 0.4) is 0 Å². The standard InChI is InChI=1S/C26H25ClN2O4/c1-3-14-32-23-13-11-22(27)15-21(23)17-28-29-26(30)20-10-12-24(25(16-20)31-4-2)33-18-19-8-6-5-7-9-19/h3,5-13,15-17H,1,4,14,18H2,2H3,(H,29,30)/b28-17+. The number of carbonyl (C=O) groups excluding carboxylic acids is 1. The van der Waals surface area contributed by atoms with Crippen molar-refractivity contribution in [1.29, 1.82) is 0 Å². The number of nitrogens with zero attached hydrogens (tertiary/aromatic N) is 1. The summed E-state index contributed by atoms with van der Waals surface area (Å²) < 4.78 is 17.1. The number of hydrogen-bond donors (Lipinski definition) is 1. The Morgan fingerprint density at radius 2 is 1.79 bits per heavy atom. The second-order valence-corrected chi connectivity index (χ2v) is 7.29. The smallest absolute Gasteiger partial charge is 0.271 e. The molecule has 33 heavy (non-hydrogen) atoms. The zero-order valence-corrected chi connectivity index (χ0v) is 19.0. The van der Waals surface area contributed by atoms with Crippen LogP contribution in [0.1, 0.15) is 28.4 Å². The third-order valence-electron chi connectivity index (χ3n) is 4.44. The number of amides is 1. The maximum atomic E-state index is 12.6. The second-order valence-electron chi connectivity index (χ2n) is 6.85. The van der Waals surface area contributed by atoms with Gasteiger partial charge in [-0.05, 0) is 48.9 Å². The van der Waals surface area contributed by atoms with E-state index in [2.05, 4.69) is 17.1 Å². The molecule has 0 saturated carbocycles. The van der Waals surface area contributed by atoms with Gasteiger partial charge in [-0.25, -0.2) is 5.43 Å². The lowest BCUT2D eigenvalue weighted by Crippen LogP contribution is -2.18. The first-order chi connectivity index (χ1) is 16.1. The molecule has 6 nitrogen and oxygen atoms in total. The minimum Gasteiger partial charge on any atom is -0.490 e. The lowest BCUT2D eigenvalue weighted by molar-refractivity contribution is 0.0954. The molecule has 0 fully saturated rings. The second kappa shape index (κ2) is 12.3. The van der Waals surface area contributed by atoms with Gasteiger partial charge < -0.3 is 14.2 Å². The monoisotopic (exact) mass is 464 g/mol. The molecule has 1 amide bonds. The maximum Gasteiger partial charge on any atom is 0.271 e. The summed E-state index contributed by atoms with van der Waals surface area (Å²) >= 11 is 6.06. The summed E-state index contributed by atoms with van der Waals surface area (Å²) in [5.41, 5.74) is 4.56. The Labute approximate surface area is 198 Å². The molecule has 7 heteroatoms. The first-order valence-corrected chi connectivity index (χ1v) is 10.8. The van der Waals surface area contributed by atoms with E-state index in [0.717, 1.165) is 5.56 Å². The number of ether oxygens (including phenoxy) is 3. The molecule has 0 aromatic heterocycles. The Balaban J connectivity index is 1.69. The van der Waals surface area contributed by atoms with Crippen molar-refractivity contribution >= 4 is 23.7 Å². The normalized spacial score (nSPS) is 10.6. The van der Waals surface area contributed by atoms with Gasteiger partial charge >= 0.3 is 0 Å². The molecule has 0 spiro atoms. The van der Waals surface area contributed by atoms with Crippen molar-refractivity contribution < 1.29 is 19.0 Å². The van der Waals surface area contributed by atoms with Crippen molar-refractivity contribution in [3.63, 3.8) is 0 Å². The van der Waals surface area contributed by atoms with Crippen molar-refractivity contribution in [2.75, 3.05) is 13.2 Å². The Morgan fingerprint density at radius 3 is 2.55 bits per heavy atom. The predicted octanol–water partition coefficient (Wildman–Crippen LogP) is 5.65. The van der Waals surface area contributed by atoms with Crippen molar-refractivity contribution in [3.05, 3.63) is 101 Å². The summed E-state index contributed by atoms with van der Waals surface area (Å²) in [4.78, 5) is 12.6. The number of carbonyl (C=O) groups is 1. The fraction of sp³-hybridized carbons (Fsp3) is 0.154. The summed E-state index contributed by atoms with van der Waals surface area (Å²) in [5, 5.41) is 4.57. The fourth-order valence-electron chi connectivity index (χ4n) is 2.90. The molecule has 0 radical (unpaired) electrons. The molecular formula is C26H25ClN2O4. The third-order valence-corrected chi connectivity index (χ3v) is 4.68. The highest BCUT2D eigenvalue weighted by molar-refractivity contribution is 6.30. The third kappa shape index (κ3) is 7.12. The van der Waals surface area contributed by atoms with E-state index in [1.54, 1.807) is 42.5 Å². The van der Waals surface area contributed by atoms with Crippen LogP contribution in [0.15, 0.2) is 84.5 Å². The Morgan fingerprint density at radius 1 is 1.00 bits per heavy atom. The fourth-order valence-corrected chi connectivity index (χ4v) is 3.08. The van der Waals surface area contributed by atoms with Gasteiger partial charge in [0.2, 0.25) is 0 Å². The van der Waals surface area contributed by atoms with E-state index in [-0.39, 0.29) is 0 Å². The zero-order chi connectivity index (χ0) is 23.5. The van der Waals surface area contributed by atoms with Crippen LogP contribution in [0.2, 0.25) is 5.02 Å². The van der Waals surface area contributed by atoms with Crippen molar-refractivity contribution in [1.82, 2.24) is 5.43 Å². The molecule has 3 rings (SSSR count). The molecule has 1 N–H and O–H groups in total. The summed E-state index contributed by atoms with van der Waals surface area (Å²) in [5.74, 6) is 1.23. The highest BCUT2D eigenvalue weighted by Crippen LogP contribution is 2.29. The van der Waals surface area contributed by atoms with Crippen LogP contribution in [-0.4, -0.2) is 25.3 Å². The summed E-state index contributed by atoms with van der Waals surface area (Å²) in [6.07, 6.45) is 3.11. The van der Waals surface area contributed by atoms with E-state index < -0.39 is 5.91 Å².